The summed E-state index contributed by atoms with van der Waals surface area (Å²) in [6, 6.07) is 6.40. The molecule has 3 atom stereocenters. The monoisotopic (exact) mass is 317 g/mol. The third-order valence-electron chi connectivity index (χ3n) is 4.03. The van der Waals surface area contributed by atoms with Gasteiger partial charge in [-0.05, 0) is 33.5 Å². The molecule has 0 aliphatic heterocycles. The van der Waals surface area contributed by atoms with Crippen LogP contribution in [-0.2, 0) is 9.53 Å². The van der Waals surface area contributed by atoms with Crippen molar-refractivity contribution in [3.05, 3.63) is 60.0 Å². The maximum absolute atomic E-state index is 14.1. The Hall–Kier alpha value is -1.94. The molecule has 3 nitrogen and oxygen atoms in total. The SMILES string of the molecule is CC(OC(=O)C(CN(C)C)c1ccccc1F)C1C=CC=CC1. The largest absolute Gasteiger partial charge is 0.462 e. The number of nitrogens with zero attached hydrogens (tertiary/aromatic N) is 1. The van der Waals surface area contributed by atoms with Crippen LogP contribution in [0.3, 0.4) is 0 Å². The number of hydrogen-bond donors (Lipinski definition) is 0. The van der Waals surface area contributed by atoms with E-state index < -0.39 is 5.92 Å². The third kappa shape index (κ3) is 4.76. The van der Waals surface area contributed by atoms with Crippen molar-refractivity contribution in [2.24, 2.45) is 5.92 Å². The average molecular weight is 317 g/mol. The Balaban J connectivity index is 2.12. The maximum atomic E-state index is 14.1. The van der Waals surface area contributed by atoms with Crippen LogP contribution >= 0.6 is 0 Å². The van der Waals surface area contributed by atoms with Crippen LogP contribution in [0.5, 0.6) is 0 Å². The maximum Gasteiger partial charge on any atom is 0.315 e. The van der Waals surface area contributed by atoms with Crippen LogP contribution < -0.4 is 0 Å². The highest BCUT2D eigenvalue weighted by atomic mass is 19.1. The Morgan fingerprint density at radius 2 is 2.09 bits per heavy atom. The number of likely N-dealkylation sites (N-methyl/N-ethyl adjacent to an activating group) is 1. The fourth-order valence-corrected chi connectivity index (χ4v) is 2.72. The van der Waals surface area contributed by atoms with Gasteiger partial charge in [0.2, 0.25) is 0 Å². The van der Waals surface area contributed by atoms with Crippen LogP contribution in [0.4, 0.5) is 4.39 Å². The summed E-state index contributed by atoms with van der Waals surface area (Å²) in [7, 11) is 3.72. The average Bonchev–Trinajstić information content (AvgIpc) is 2.54. The molecule has 1 aliphatic carbocycles. The van der Waals surface area contributed by atoms with Gasteiger partial charge in [-0.3, -0.25) is 4.79 Å². The van der Waals surface area contributed by atoms with Gasteiger partial charge < -0.3 is 9.64 Å². The topological polar surface area (TPSA) is 29.5 Å². The van der Waals surface area contributed by atoms with Crippen LogP contribution in [-0.4, -0.2) is 37.6 Å². The van der Waals surface area contributed by atoms with Gasteiger partial charge in [0.15, 0.2) is 0 Å². The number of carbonyl (C=O) groups is 1. The minimum absolute atomic E-state index is 0.171. The summed E-state index contributed by atoms with van der Waals surface area (Å²) in [6.07, 6.45) is 8.67. The summed E-state index contributed by atoms with van der Waals surface area (Å²) in [4.78, 5) is 14.5. The fraction of sp³-hybridized carbons (Fsp3) is 0.421. The summed E-state index contributed by atoms with van der Waals surface area (Å²) < 4.78 is 19.7. The van der Waals surface area contributed by atoms with E-state index in [0.29, 0.717) is 12.1 Å². The second-order valence-electron chi connectivity index (χ2n) is 6.19. The normalized spacial score (nSPS) is 19.6. The van der Waals surface area contributed by atoms with Crippen molar-refractivity contribution < 1.29 is 13.9 Å². The van der Waals surface area contributed by atoms with E-state index in [1.807, 2.05) is 44.1 Å². The smallest absolute Gasteiger partial charge is 0.315 e. The van der Waals surface area contributed by atoms with E-state index in [1.54, 1.807) is 18.2 Å². The molecular weight excluding hydrogens is 293 g/mol. The number of halogens is 1. The number of benzene rings is 1. The molecule has 0 spiro atoms. The zero-order valence-corrected chi connectivity index (χ0v) is 13.9. The number of rotatable bonds is 6. The first-order chi connectivity index (χ1) is 11.0. The zero-order chi connectivity index (χ0) is 16.8. The molecule has 0 saturated heterocycles. The van der Waals surface area contributed by atoms with Crippen LogP contribution in [0.25, 0.3) is 0 Å². The summed E-state index contributed by atoms with van der Waals surface area (Å²) in [5, 5.41) is 0. The summed E-state index contributed by atoms with van der Waals surface area (Å²) in [6.45, 7) is 2.30. The van der Waals surface area contributed by atoms with Gasteiger partial charge >= 0.3 is 5.97 Å². The molecule has 0 aromatic heterocycles. The molecule has 4 heteroatoms. The molecule has 0 fully saturated rings. The molecule has 124 valence electrons. The molecule has 1 aliphatic rings. The minimum Gasteiger partial charge on any atom is -0.462 e. The molecule has 1 aromatic rings. The van der Waals surface area contributed by atoms with Gasteiger partial charge in [0.05, 0.1) is 5.92 Å². The first-order valence-corrected chi connectivity index (χ1v) is 7.92. The highest BCUT2D eigenvalue weighted by molar-refractivity contribution is 5.78. The lowest BCUT2D eigenvalue weighted by Crippen LogP contribution is -2.32. The van der Waals surface area contributed by atoms with Gasteiger partial charge in [0.1, 0.15) is 11.9 Å². The van der Waals surface area contributed by atoms with Gasteiger partial charge in [-0.15, -0.1) is 0 Å². The lowest BCUT2D eigenvalue weighted by Gasteiger charge is -2.26. The quantitative estimate of drug-likeness (QED) is 0.752. The molecular formula is C19H24FNO2. The van der Waals surface area contributed by atoms with Crippen molar-refractivity contribution in [1.29, 1.82) is 0 Å². The first-order valence-electron chi connectivity index (χ1n) is 7.92. The van der Waals surface area contributed by atoms with Crippen LogP contribution in [0.15, 0.2) is 48.6 Å². The summed E-state index contributed by atoms with van der Waals surface area (Å²) in [5.74, 6) is -1.20. The highest BCUT2D eigenvalue weighted by Crippen LogP contribution is 2.25. The lowest BCUT2D eigenvalue weighted by atomic mass is 9.95. The van der Waals surface area contributed by atoms with E-state index >= 15 is 0 Å². The van der Waals surface area contributed by atoms with Gasteiger partial charge in [-0.2, -0.15) is 0 Å². The van der Waals surface area contributed by atoms with Gasteiger partial charge in [0, 0.05) is 18.0 Å². The fourth-order valence-electron chi connectivity index (χ4n) is 2.72. The Labute approximate surface area is 137 Å². The predicted molar refractivity (Wildman–Crippen MR) is 89.6 cm³/mol. The molecule has 0 N–H and O–H groups in total. The second-order valence-corrected chi connectivity index (χ2v) is 6.19. The Morgan fingerprint density at radius 1 is 1.35 bits per heavy atom. The zero-order valence-electron chi connectivity index (χ0n) is 13.9. The number of hydrogen-bond acceptors (Lipinski definition) is 3. The molecule has 0 bridgehead atoms. The molecule has 0 saturated carbocycles. The molecule has 1 aromatic carbocycles. The standard InChI is InChI=1S/C19H24FNO2/c1-14(15-9-5-4-6-10-15)23-19(22)17(13-21(2)3)16-11-7-8-12-18(16)20/h4-9,11-12,14-15,17H,10,13H2,1-3H3. The summed E-state index contributed by atoms with van der Waals surface area (Å²) >= 11 is 0. The lowest BCUT2D eigenvalue weighted by molar-refractivity contribution is -0.152. The predicted octanol–water partition coefficient (Wildman–Crippen LogP) is 3.53. The van der Waals surface area contributed by atoms with Crippen molar-refractivity contribution in [3.63, 3.8) is 0 Å². The van der Waals surface area contributed by atoms with E-state index in [0.717, 1.165) is 6.42 Å². The van der Waals surface area contributed by atoms with E-state index in [9.17, 15) is 9.18 Å². The van der Waals surface area contributed by atoms with E-state index in [-0.39, 0.29) is 23.8 Å². The molecule has 2 rings (SSSR count). The van der Waals surface area contributed by atoms with Crippen molar-refractivity contribution in [2.75, 3.05) is 20.6 Å². The number of esters is 1. The minimum atomic E-state index is -0.628. The Morgan fingerprint density at radius 3 is 2.70 bits per heavy atom. The first kappa shape index (κ1) is 17.4. The Kier molecular flexibility index (Phi) is 6.11. The van der Waals surface area contributed by atoms with Gasteiger partial charge in [0.25, 0.3) is 0 Å². The number of ether oxygens (including phenoxy) is 1. The van der Waals surface area contributed by atoms with Crippen molar-refractivity contribution in [1.82, 2.24) is 4.90 Å². The van der Waals surface area contributed by atoms with Crippen molar-refractivity contribution >= 4 is 5.97 Å². The molecule has 0 heterocycles. The molecule has 3 unspecified atom stereocenters. The van der Waals surface area contributed by atoms with Crippen LogP contribution in [0.1, 0.15) is 24.8 Å². The van der Waals surface area contributed by atoms with E-state index in [4.69, 9.17) is 4.74 Å². The summed E-state index contributed by atoms with van der Waals surface area (Å²) in [5.41, 5.74) is 0.387. The van der Waals surface area contributed by atoms with Crippen molar-refractivity contribution in [2.45, 2.75) is 25.4 Å². The number of carbonyl (C=O) groups excluding carboxylic acids is 1. The molecule has 0 radical (unpaired) electrons. The van der Waals surface area contributed by atoms with Gasteiger partial charge in [-0.25, -0.2) is 4.39 Å². The van der Waals surface area contributed by atoms with Crippen LogP contribution in [0.2, 0.25) is 0 Å². The highest BCUT2D eigenvalue weighted by Gasteiger charge is 2.28. The van der Waals surface area contributed by atoms with Crippen LogP contribution in [0, 0.1) is 11.7 Å². The molecule has 23 heavy (non-hydrogen) atoms. The molecule has 0 amide bonds. The second kappa shape index (κ2) is 8.06. The third-order valence-corrected chi connectivity index (χ3v) is 4.03. The van der Waals surface area contributed by atoms with Crippen molar-refractivity contribution in [3.8, 4) is 0 Å². The van der Waals surface area contributed by atoms with Gasteiger partial charge in [-0.1, -0.05) is 42.5 Å². The van der Waals surface area contributed by atoms with E-state index in [1.165, 1.54) is 6.07 Å². The van der Waals surface area contributed by atoms with E-state index in [2.05, 4.69) is 6.08 Å². The Bertz CT molecular complexity index is 595. The number of allylic oxidation sites excluding steroid dienone is 3.